The second kappa shape index (κ2) is 9.89. The number of methoxy groups -OCH3 is 1. The number of aliphatic hydroxyl groups excluding tert-OH is 1. The van der Waals surface area contributed by atoms with Gasteiger partial charge < -0.3 is 14.8 Å². The van der Waals surface area contributed by atoms with Crippen molar-refractivity contribution in [2.24, 2.45) is 0 Å². The van der Waals surface area contributed by atoms with Crippen LogP contribution in [-0.2, 0) is 18.5 Å². The molecule has 0 aliphatic carbocycles. The molecule has 1 fully saturated rings. The van der Waals surface area contributed by atoms with E-state index in [1.54, 1.807) is 19.2 Å². The molecule has 7 heteroatoms. The van der Waals surface area contributed by atoms with E-state index in [4.69, 9.17) is 4.74 Å². The number of aromatic nitrogens is 2. The third-order valence-corrected chi connectivity index (χ3v) is 8.22. The molecule has 4 aromatic rings. The highest BCUT2D eigenvalue weighted by Gasteiger charge is 2.47. The van der Waals surface area contributed by atoms with Gasteiger partial charge >= 0.3 is 0 Å². The number of H-pyrrole nitrogens is 1. The molecule has 0 bridgehead atoms. The lowest BCUT2D eigenvalue weighted by molar-refractivity contribution is 0.0417. The summed E-state index contributed by atoms with van der Waals surface area (Å²) in [6.07, 6.45) is 3.86. The van der Waals surface area contributed by atoms with Gasteiger partial charge in [0.15, 0.2) is 0 Å². The van der Waals surface area contributed by atoms with E-state index >= 15 is 0 Å². The largest absolute Gasteiger partial charge is 0.497 e. The summed E-state index contributed by atoms with van der Waals surface area (Å²) in [5, 5.41) is 11.8. The number of aromatic amines is 1. The van der Waals surface area contributed by atoms with E-state index in [0.717, 1.165) is 67.2 Å². The molecule has 0 unspecified atom stereocenters. The van der Waals surface area contributed by atoms with E-state index in [2.05, 4.69) is 31.9 Å². The molecule has 37 heavy (non-hydrogen) atoms. The van der Waals surface area contributed by atoms with E-state index in [1.807, 2.05) is 36.5 Å². The zero-order valence-electron chi connectivity index (χ0n) is 21.2. The third kappa shape index (κ3) is 4.52. The number of aliphatic hydroxyl groups is 1. The summed E-state index contributed by atoms with van der Waals surface area (Å²) in [4.78, 5) is 13.0. The highest BCUT2D eigenvalue weighted by Crippen LogP contribution is 2.49. The minimum absolute atomic E-state index is 0.00580. The summed E-state index contributed by atoms with van der Waals surface area (Å²) in [5.41, 5.74) is 5.38. The number of nitrogens with zero attached hydrogens (tertiary/aromatic N) is 3. The predicted octanol–water partition coefficient (Wildman–Crippen LogP) is 4.79. The van der Waals surface area contributed by atoms with Crippen molar-refractivity contribution < 1.29 is 14.2 Å². The Morgan fingerprint density at radius 2 is 1.95 bits per heavy atom. The van der Waals surface area contributed by atoms with Gasteiger partial charge in [-0.25, -0.2) is 4.39 Å². The van der Waals surface area contributed by atoms with Crippen molar-refractivity contribution in [3.05, 3.63) is 95.2 Å². The van der Waals surface area contributed by atoms with E-state index in [1.165, 1.54) is 17.0 Å². The van der Waals surface area contributed by atoms with Gasteiger partial charge in [-0.05, 0) is 73.5 Å². The van der Waals surface area contributed by atoms with Gasteiger partial charge in [0, 0.05) is 53.9 Å². The number of benzene rings is 2. The van der Waals surface area contributed by atoms with E-state index in [9.17, 15) is 9.50 Å². The first-order valence-corrected chi connectivity index (χ1v) is 13.0. The molecular weight excluding hydrogens is 467 g/mol. The van der Waals surface area contributed by atoms with Crippen LogP contribution in [-0.4, -0.2) is 58.2 Å². The van der Waals surface area contributed by atoms with Crippen LogP contribution in [0.2, 0.25) is 0 Å². The number of piperidine rings is 1. The molecule has 0 saturated carbocycles. The Labute approximate surface area is 216 Å². The van der Waals surface area contributed by atoms with Crippen LogP contribution in [0, 0.1) is 5.82 Å². The molecular formula is C30H33FN4O2. The molecule has 192 valence electrons. The third-order valence-electron chi connectivity index (χ3n) is 8.22. The standard InChI is InChI=1S/C30H33FN4O2/c1-37-24-8-9-25-26(16-24)33-29-27(19-36)35(17-21-5-4-6-22(31)15-21)20-30(28(25)29)10-13-34(14-11-30)18-23-7-2-3-12-32-23/h2-9,12,15-16,27,33,36H,10-11,13-14,17-20H2,1H3/t27-/m1/s1. The Balaban J connectivity index is 1.37. The fourth-order valence-electron chi connectivity index (χ4n) is 6.42. The number of pyridine rings is 1. The summed E-state index contributed by atoms with van der Waals surface area (Å²) in [6, 6.07) is 18.9. The fraction of sp³-hybridized carbons (Fsp3) is 0.367. The van der Waals surface area contributed by atoms with Crippen LogP contribution in [0.15, 0.2) is 66.9 Å². The number of likely N-dealkylation sites (tertiary alicyclic amines) is 1. The number of rotatable bonds is 6. The van der Waals surface area contributed by atoms with Gasteiger partial charge in [0.05, 0.1) is 25.5 Å². The van der Waals surface area contributed by atoms with E-state index in [0.29, 0.717) is 6.54 Å². The van der Waals surface area contributed by atoms with Gasteiger partial charge in [0.1, 0.15) is 11.6 Å². The molecule has 2 aromatic heterocycles. The molecule has 1 saturated heterocycles. The lowest BCUT2D eigenvalue weighted by Gasteiger charge is -2.50. The van der Waals surface area contributed by atoms with Crippen LogP contribution in [0.5, 0.6) is 5.75 Å². The second-order valence-electron chi connectivity index (χ2n) is 10.4. The van der Waals surface area contributed by atoms with Gasteiger partial charge in [0.2, 0.25) is 0 Å². The predicted molar refractivity (Wildman–Crippen MR) is 142 cm³/mol. The molecule has 6 nitrogen and oxygen atoms in total. The van der Waals surface area contributed by atoms with Crippen LogP contribution in [0.3, 0.4) is 0 Å². The minimum atomic E-state index is -0.231. The van der Waals surface area contributed by atoms with Crippen LogP contribution in [0.1, 0.15) is 41.4 Å². The second-order valence-corrected chi connectivity index (χ2v) is 10.4. The highest BCUT2D eigenvalue weighted by molar-refractivity contribution is 5.87. The smallest absolute Gasteiger partial charge is 0.123 e. The molecule has 2 aliphatic rings. The lowest BCUT2D eigenvalue weighted by Crippen LogP contribution is -2.53. The van der Waals surface area contributed by atoms with Crippen molar-refractivity contribution in [3.63, 3.8) is 0 Å². The zero-order valence-corrected chi connectivity index (χ0v) is 21.2. The van der Waals surface area contributed by atoms with Crippen LogP contribution < -0.4 is 4.74 Å². The van der Waals surface area contributed by atoms with Crippen molar-refractivity contribution >= 4 is 10.9 Å². The summed E-state index contributed by atoms with van der Waals surface area (Å²) in [7, 11) is 1.68. The average Bonchev–Trinajstić information content (AvgIpc) is 3.30. The summed E-state index contributed by atoms with van der Waals surface area (Å²) < 4.78 is 19.5. The maximum Gasteiger partial charge on any atom is 0.123 e. The summed E-state index contributed by atoms with van der Waals surface area (Å²) in [6.45, 7) is 4.18. The van der Waals surface area contributed by atoms with E-state index < -0.39 is 0 Å². The molecule has 0 radical (unpaired) electrons. The highest BCUT2D eigenvalue weighted by atomic mass is 19.1. The zero-order chi connectivity index (χ0) is 25.4. The molecule has 1 atom stereocenters. The summed E-state index contributed by atoms with van der Waals surface area (Å²) in [5.74, 6) is 0.577. The van der Waals surface area contributed by atoms with Gasteiger partial charge in [-0.15, -0.1) is 0 Å². The SMILES string of the molecule is COc1ccc2c3c([nH]c2c1)[C@@H](CO)N(Cc1cccc(F)c1)CC31CCN(Cc2ccccn2)CC1. The van der Waals surface area contributed by atoms with Crippen molar-refractivity contribution in [1.82, 2.24) is 19.8 Å². The Hall–Kier alpha value is -3.26. The molecule has 6 rings (SSSR count). The molecule has 2 aromatic carbocycles. The number of fused-ring (bicyclic) bond motifs is 4. The molecule has 2 aliphatic heterocycles. The quantitative estimate of drug-likeness (QED) is 0.399. The van der Waals surface area contributed by atoms with Crippen LogP contribution >= 0.6 is 0 Å². The Morgan fingerprint density at radius 3 is 2.68 bits per heavy atom. The maximum absolute atomic E-state index is 14.0. The normalized spacial score (nSPS) is 19.8. The number of hydrogen-bond acceptors (Lipinski definition) is 5. The lowest BCUT2D eigenvalue weighted by atomic mass is 9.68. The number of hydrogen-bond donors (Lipinski definition) is 2. The molecule has 2 N–H and O–H groups in total. The van der Waals surface area contributed by atoms with Crippen molar-refractivity contribution in [1.29, 1.82) is 0 Å². The van der Waals surface area contributed by atoms with E-state index in [-0.39, 0.29) is 23.9 Å². The Kier molecular flexibility index (Phi) is 6.44. The van der Waals surface area contributed by atoms with Gasteiger partial charge in [-0.1, -0.05) is 18.2 Å². The molecule has 4 heterocycles. The first-order chi connectivity index (χ1) is 18.1. The number of halogens is 1. The fourth-order valence-corrected chi connectivity index (χ4v) is 6.42. The van der Waals surface area contributed by atoms with Crippen LogP contribution in [0.25, 0.3) is 10.9 Å². The van der Waals surface area contributed by atoms with Gasteiger partial charge in [-0.3, -0.25) is 14.8 Å². The van der Waals surface area contributed by atoms with Gasteiger partial charge in [0.25, 0.3) is 0 Å². The Morgan fingerprint density at radius 1 is 1.08 bits per heavy atom. The van der Waals surface area contributed by atoms with Gasteiger partial charge in [-0.2, -0.15) is 0 Å². The minimum Gasteiger partial charge on any atom is -0.497 e. The van der Waals surface area contributed by atoms with Crippen molar-refractivity contribution in [3.8, 4) is 5.75 Å². The number of ether oxygens (including phenoxy) is 1. The summed E-state index contributed by atoms with van der Waals surface area (Å²) >= 11 is 0. The monoisotopic (exact) mass is 500 g/mol. The Bertz CT molecular complexity index is 1380. The topological polar surface area (TPSA) is 64.6 Å². The van der Waals surface area contributed by atoms with Crippen molar-refractivity contribution in [2.45, 2.75) is 37.4 Å². The number of nitrogens with one attached hydrogen (secondary N) is 1. The molecule has 0 amide bonds. The first kappa shape index (κ1) is 24.1. The maximum atomic E-state index is 14.0. The van der Waals surface area contributed by atoms with Crippen molar-refractivity contribution in [2.75, 3.05) is 33.4 Å². The average molecular weight is 501 g/mol. The van der Waals surface area contributed by atoms with Crippen LogP contribution in [0.4, 0.5) is 4.39 Å². The molecule has 1 spiro atoms. The first-order valence-electron chi connectivity index (χ1n) is 13.0.